The van der Waals surface area contributed by atoms with E-state index in [1.54, 1.807) is 23.9 Å². The van der Waals surface area contributed by atoms with E-state index >= 15 is 0 Å². The van der Waals surface area contributed by atoms with Crippen molar-refractivity contribution in [1.29, 1.82) is 0 Å². The highest BCUT2D eigenvalue weighted by Gasteiger charge is 2.06. The molecule has 0 aliphatic heterocycles. The van der Waals surface area contributed by atoms with Gasteiger partial charge in [0.1, 0.15) is 11.4 Å². The standard InChI is InChI=1S/C14H19N5OS2/c1-4-8-19(3)10-6-7-11(12(20)9-10)15-16-13-17-18-14(22-13)21-5-2/h6-7,9,20H,4-5,8H2,1-3H3. The van der Waals surface area contributed by atoms with Gasteiger partial charge in [0.05, 0.1) is 0 Å². The fourth-order valence-electron chi connectivity index (χ4n) is 1.82. The number of benzene rings is 1. The molecule has 0 saturated heterocycles. The van der Waals surface area contributed by atoms with E-state index < -0.39 is 0 Å². The molecule has 1 aromatic carbocycles. The van der Waals surface area contributed by atoms with Crippen molar-refractivity contribution in [2.45, 2.75) is 24.6 Å². The van der Waals surface area contributed by atoms with Gasteiger partial charge < -0.3 is 10.0 Å². The Morgan fingerprint density at radius 1 is 1.27 bits per heavy atom. The van der Waals surface area contributed by atoms with Gasteiger partial charge in [-0.2, -0.15) is 0 Å². The first kappa shape index (κ1) is 16.7. The van der Waals surface area contributed by atoms with Gasteiger partial charge in [-0.1, -0.05) is 36.9 Å². The third-order valence-electron chi connectivity index (χ3n) is 2.87. The van der Waals surface area contributed by atoms with Gasteiger partial charge in [0.2, 0.25) is 0 Å². The highest BCUT2D eigenvalue weighted by Crippen LogP contribution is 2.33. The number of hydrogen-bond donors (Lipinski definition) is 1. The highest BCUT2D eigenvalue weighted by atomic mass is 32.2. The third-order valence-corrected chi connectivity index (χ3v) is 4.69. The summed E-state index contributed by atoms with van der Waals surface area (Å²) in [6, 6.07) is 5.37. The zero-order valence-electron chi connectivity index (χ0n) is 12.9. The van der Waals surface area contributed by atoms with Crippen molar-refractivity contribution >= 4 is 39.6 Å². The van der Waals surface area contributed by atoms with Crippen LogP contribution in [0.3, 0.4) is 0 Å². The average Bonchev–Trinajstić information content (AvgIpc) is 2.94. The molecule has 0 saturated carbocycles. The van der Waals surface area contributed by atoms with E-state index in [1.165, 1.54) is 11.3 Å². The summed E-state index contributed by atoms with van der Waals surface area (Å²) in [4.78, 5) is 2.08. The SMILES string of the molecule is CCCN(C)c1ccc(N=Nc2nnc(SCC)s2)c(O)c1. The van der Waals surface area contributed by atoms with Crippen molar-refractivity contribution in [3.8, 4) is 5.75 Å². The molecular weight excluding hydrogens is 318 g/mol. The number of nitrogens with zero attached hydrogens (tertiary/aromatic N) is 5. The molecule has 0 radical (unpaired) electrons. The predicted molar refractivity (Wildman–Crippen MR) is 92.2 cm³/mol. The summed E-state index contributed by atoms with van der Waals surface area (Å²) in [5.41, 5.74) is 1.38. The van der Waals surface area contributed by atoms with Crippen LogP contribution in [0.25, 0.3) is 0 Å². The zero-order valence-corrected chi connectivity index (χ0v) is 14.5. The number of phenolic OH excluding ortho intramolecular Hbond substituents is 1. The van der Waals surface area contributed by atoms with E-state index in [0.29, 0.717) is 10.8 Å². The van der Waals surface area contributed by atoms with Crippen LogP contribution in [0.4, 0.5) is 16.5 Å². The Kier molecular flexibility index (Phi) is 6.14. The Morgan fingerprint density at radius 2 is 2.09 bits per heavy atom. The lowest BCUT2D eigenvalue weighted by atomic mass is 10.2. The van der Waals surface area contributed by atoms with Gasteiger partial charge in [-0.15, -0.1) is 20.4 Å². The van der Waals surface area contributed by atoms with Crippen LogP contribution < -0.4 is 4.90 Å². The zero-order chi connectivity index (χ0) is 15.9. The van der Waals surface area contributed by atoms with E-state index in [0.717, 1.165) is 28.7 Å². The fraction of sp³-hybridized carbons (Fsp3) is 0.429. The van der Waals surface area contributed by atoms with Crippen LogP contribution in [0.2, 0.25) is 0 Å². The second-order valence-electron chi connectivity index (χ2n) is 4.58. The summed E-state index contributed by atoms with van der Waals surface area (Å²) in [6.07, 6.45) is 1.05. The Hall–Kier alpha value is -1.67. The predicted octanol–water partition coefficient (Wildman–Crippen LogP) is 4.62. The van der Waals surface area contributed by atoms with Crippen molar-refractivity contribution in [2.24, 2.45) is 10.2 Å². The van der Waals surface area contributed by atoms with Crippen molar-refractivity contribution in [3.63, 3.8) is 0 Å². The second kappa shape index (κ2) is 8.09. The molecule has 0 atom stereocenters. The topological polar surface area (TPSA) is 74.0 Å². The van der Waals surface area contributed by atoms with E-state index in [-0.39, 0.29) is 5.75 Å². The molecule has 1 aromatic heterocycles. The van der Waals surface area contributed by atoms with E-state index in [1.807, 2.05) is 13.1 Å². The van der Waals surface area contributed by atoms with Crippen LogP contribution >= 0.6 is 23.1 Å². The molecule has 0 unspecified atom stereocenters. The quantitative estimate of drug-likeness (QED) is 0.589. The smallest absolute Gasteiger partial charge is 0.252 e. The van der Waals surface area contributed by atoms with E-state index in [9.17, 15) is 5.11 Å². The van der Waals surface area contributed by atoms with Gasteiger partial charge in [-0.3, -0.25) is 0 Å². The number of thioether (sulfide) groups is 1. The first-order valence-corrected chi connectivity index (χ1v) is 8.86. The molecule has 22 heavy (non-hydrogen) atoms. The summed E-state index contributed by atoms with van der Waals surface area (Å²) < 4.78 is 0.872. The maximum absolute atomic E-state index is 10.1. The van der Waals surface area contributed by atoms with Crippen LogP contribution in [0, 0.1) is 0 Å². The van der Waals surface area contributed by atoms with Gasteiger partial charge >= 0.3 is 0 Å². The van der Waals surface area contributed by atoms with Gasteiger partial charge in [-0.05, 0) is 24.3 Å². The molecule has 0 bridgehead atoms. The Morgan fingerprint density at radius 3 is 2.77 bits per heavy atom. The fourth-order valence-corrected chi connectivity index (χ4v) is 3.38. The summed E-state index contributed by atoms with van der Waals surface area (Å²) in [7, 11) is 1.99. The molecule has 6 nitrogen and oxygen atoms in total. The molecule has 1 heterocycles. The highest BCUT2D eigenvalue weighted by molar-refractivity contribution is 8.01. The lowest BCUT2D eigenvalue weighted by Crippen LogP contribution is -2.17. The molecular formula is C14H19N5OS2. The molecule has 1 N–H and O–H groups in total. The molecule has 0 aliphatic carbocycles. The van der Waals surface area contributed by atoms with Crippen LogP contribution in [-0.2, 0) is 0 Å². The van der Waals surface area contributed by atoms with Crippen molar-refractivity contribution in [1.82, 2.24) is 10.2 Å². The third kappa shape index (κ3) is 4.41. The maximum atomic E-state index is 10.1. The first-order chi connectivity index (χ1) is 10.6. The van der Waals surface area contributed by atoms with Gasteiger partial charge in [0.25, 0.3) is 5.13 Å². The first-order valence-electron chi connectivity index (χ1n) is 7.06. The normalized spacial score (nSPS) is 11.2. The minimum Gasteiger partial charge on any atom is -0.506 e. The maximum Gasteiger partial charge on any atom is 0.252 e. The van der Waals surface area contributed by atoms with Gasteiger partial charge in [-0.25, -0.2) is 0 Å². The summed E-state index contributed by atoms with van der Waals surface area (Å²) in [6.45, 7) is 5.11. The Labute approximate surface area is 138 Å². The van der Waals surface area contributed by atoms with Crippen molar-refractivity contribution in [2.75, 3.05) is 24.2 Å². The largest absolute Gasteiger partial charge is 0.506 e. The number of aromatic hydroxyl groups is 1. The summed E-state index contributed by atoms with van der Waals surface area (Å²) in [5, 5.41) is 26.6. The molecule has 118 valence electrons. The molecule has 0 spiro atoms. The second-order valence-corrected chi connectivity index (χ2v) is 7.05. The lowest BCUT2D eigenvalue weighted by molar-refractivity contribution is 0.476. The average molecular weight is 337 g/mol. The molecule has 0 fully saturated rings. The molecule has 0 amide bonds. The van der Waals surface area contributed by atoms with Crippen molar-refractivity contribution in [3.05, 3.63) is 18.2 Å². The summed E-state index contributed by atoms with van der Waals surface area (Å²) in [5.74, 6) is 1.05. The Bertz CT molecular complexity index is 644. The minimum absolute atomic E-state index is 0.108. The van der Waals surface area contributed by atoms with Gasteiger partial charge in [0.15, 0.2) is 4.34 Å². The van der Waals surface area contributed by atoms with E-state index in [4.69, 9.17) is 0 Å². The van der Waals surface area contributed by atoms with E-state index in [2.05, 4.69) is 39.2 Å². The molecule has 2 rings (SSSR count). The summed E-state index contributed by atoms with van der Waals surface area (Å²) >= 11 is 3.01. The van der Waals surface area contributed by atoms with Crippen LogP contribution in [0.5, 0.6) is 5.75 Å². The Balaban J connectivity index is 2.10. The number of phenols is 1. The number of anilines is 1. The molecule has 8 heteroatoms. The molecule has 0 aliphatic rings. The monoisotopic (exact) mass is 337 g/mol. The van der Waals surface area contributed by atoms with Crippen LogP contribution in [0.15, 0.2) is 32.8 Å². The number of rotatable bonds is 7. The van der Waals surface area contributed by atoms with Crippen molar-refractivity contribution < 1.29 is 5.11 Å². The van der Waals surface area contributed by atoms with Crippen LogP contribution in [0.1, 0.15) is 20.3 Å². The molecule has 2 aromatic rings. The van der Waals surface area contributed by atoms with Crippen LogP contribution in [-0.4, -0.2) is 34.6 Å². The minimum atomic E-state index is 0.108. The number of hydrogen-bond acceptors (Lipinski definition) is 8. The lowest BCUT2D eigenvalue weighted by Gasteiger charge is -2.18. The van der Waals surface area contributed by atoms with Gasteiger partial charge in [0, 0.05) is 25.3 Å². The number of azo groups is 1. The number of aromatic nitrogens is 2.